The molecule has 0 saturated carbocycles. The molecule has 1 N–H and O–H groups in total. The molecule has 0 aromatic heterocycles. The fraction of sp³-hybridized carbons (Fsp3) is 0.533. The van der Waals surface area contributed by atoms with Crippen LogP contribution in [0.5, 0.6) is 5.75 Å². The molecule has 1 unspecified atom stereocenters. The number of carboxylic acid groups (broad SMARTS) is 1. The van der Waals surface area contributed by atoms with Gasteiger partial charge in [0.15, 0.2) is 5.78 Å². The number of aromatic carboxylic acids is 1. The van der Waals surface area contributed by atoms with Gasteiger partial charge in [-0.05, 0) is 42.2 Å². The summed E-state index contributed by atoms with van der Waals surface area (Å²) in [6.07, 6.45) is 12.7. The van der Waals surface area contributed by atoms with E-state index >= 15 is 0 Å². The monoisotopic (exact) mass is 466 g/mol. The molecule has 0 aliphatic carbocycles. The maximum atomic E-state index is 12.8. The van der Waals surface area contributed by atoms with E-state index in [4.69, 9.17) is 4.74 Å². The third-order valence-corrected chi connectivity index (χ3v) is 6.41. The standard InChI is InChI=1S/C30H42O4/c1-4-6-8-10-11-13-21-34-26-19-20-27(30(32)33)28(22-26)24-15-17-25(18-16-24)29(31)23(3)14-12-9-7-5-2/h15-20,22-23H,4-14,21H2,1-3H3,(H,32,33). The van der Waals surface area contributed by atoms with Crippen molar-refractivity contribution in [3.8, 4) is 16.9 Å². The van der Waals surface area contributed by atoms with Crippen LogP contribution >= 0.6 is 0 Å². The van der Waals surface area contributed by atoms with Crippen LogP contribution in [0.4, 0.5) is 0 Å². The van der Waals surface area contributed by atoms with Gasteiger partial charge in [0.1, 0.15) is 5.75 Å². The minimum atomic E-state index is -0.974. The van der Waals surface area contributed by atoms with Crippen LogP contribution in [0.3, 0.4) is 0 Å². The van der Waals surface area contributed by atoms with Crippen molar-refractivity contribution in [2.75, 3.05) is 6.61 Å². The molecule has 2 aromatic rings. The second-order valence-corrected chi connectivity index (χ2v) is 9.32. The van der Waals surface area contributed by atoms with Gasteiger partial charge in [0.05, 0.1) is 12.2 Å². The molecule has 2 rings (SSSR count). The molecule has 0 saturated heterocycles. The Bertz CT molecular complexity index is 885. The Kier molecular flexibility index (Phi) is 12.4. The number of benzene rings is 2. The highest BCUT2D eigenvalue weighted by Crippen LogP contribution is 2.29. The highest BCUT2D eigenvalue weighted by atomic mass is 16.5. The molecule has 34 heavy (non-hydrogen) atoms. The first kappa shape index (κ1) is 27.6. The molecule has 4 nitrogen and oxygen atoms in total. The van der Waals surface area contributed by atoms with Crippen LogP contribution < -0.4 is 4.74 Å². The van der Waals surface area contributed by atoms with Gasteiger partial charge in [0.2, 0.25) is 0 Å². The van der Waals surface area contributed by atoms with Gasteiger partial charge < -0.3 is 9.84 Å². The summed E-state index contributed by atoms with van der Waals surface area (Å²) in [5, 5.41) is 9.68. The van der Waals surface area contributed by atoms with Crippen molar-refractivity contribution in [3.05, 3.63) is 53.6 Å². The van der Waals surface area contributed by atoms with Gasteiger partial charge in [0.25, 0.3) is 0 Å². The number of ether oxygens (including phenoxy) is 1. The fourth-order valence-corrected chi connectivity index (χ4v) is 4.22. The predicted octanol–water partition coefficient (Wildman–Crippen LogP) is 8.58. The molecule has 0 heterocycles. The number of carbonyl (C=O) groups excluding carboxylic acids is 1. The van der Waals surface area contributed by atoms with Crippen LogP contribution in [0.2, 0.25) is 0 Å². The number of rotatable bonds is 17. The van der Waals surface area contributed by atoms with Crippen LogP contribution in [-0.4, -0.2) is 23.5 Å². The lowest BCUT2D eigenvalue weighted by molar-refractivity contribution is 0.0697. The van der Waals surface area contributed by atoms with Crippen molar-refractivity contribution in [3.63, 3.8) is 0 Å². The smallest absolute Gasteiger partial charge is 0.336 e. The summed E-state index contributed by atoms with van der Waals surface area (Å²) < 4.78 is 5.91. The molecular weight excluding hydrogens is 424 g/mol. The van der Waals surface area contributed by atoms with Crippen LogP contribution in [0.1, 0.15) is 112 Å². The lowest BCUT2D eigenvalue weighted by Gasteiger charge is -2.13. The third-order valence-electron chi connectivity index (χ3n) is 6.41. The predicted molar refractivity (Wildman–Crippen MR) is 140 cm³/mol. The average Bonchev–Trinajstić information content (AvgIpc) is 2.85. The van der Waals surface area contributed by atoms with Crippen LogP contribution in [0.25, 0.3) is 11.1 Å². The van der Waals surface area contributed by atoms with Gasteiger partial charge in [-0.15, -0.1) is 0 Å². The second kappa shape index (κ2) is 15.3. The van der Waals surface area contributed by atoms with E-state index in [0.717, 1.165) is 31.2 Å². The Balaban J connectivity index is 2.04. The molecule has 0 spiro atoms. The zero-order valence-corrected chi connectivity index (χ0v) is 21.3. The summed E-state index contributed by atoms with van der Waals surface area (Å²) in [4.78, 5) is 24.6. The van der Waals surface area contributed by atoms with Gasteiger partial charge in [-0.1, -0.05) is 103 Å². The van der Waals surface area contributed by atoms with Gasteiger partial charge in [-0.2, -0.15) is 0 Å². The van der Waals surface area contributed by atoms with Gasteiger partial charge in [0, 0.05) is 11.5 Å². The highest BCUT2D eigenvalue weighted by molar-refractivity contribution is 5.99. The lowest BCUT2D eigenvalue weighted by Crippen LogP contribution is -2.11. The fourth-order valence-electron chi connectivity index (χ4n) is 4.22. The zero-order chi connectivity index (χ0) is 24.8. The van der Waals surface area contributed by atoms with Gasteiger partial charge in [-0.25, -0.2) is 4.79 Å². The van der Waals surface area contributed by atoms with Crippen molar-refractivity contribution in [2.24, 2.45) is 5.92 Å². The normalized spacial score (nSPS) is 11.9. The molecule has 0 aliphatic rings. The molecule has 0 amide bonds. The summed E-state index contributed by atoms with van der Waals surface area (Å²) in [6, 6.07) is 12.4. The molecule has 4 heteroatoms. The zero-order valence-electron chi connectivity index (χ0n) is 21.3. The minimum absolute atomic E-state index is 0.00372. The molecule has 0 bridgehead atoms. The molecule has 0 fully saturated rings. The van der Waals surface area contributed by atoms with E-state index in [1.165, 1.54) is 44.9 Å². The molecule has 186 valence electrons. The van der Waals surface area contributed by atoms with E-state index in [1.807, 2.05) is 31.2 Å². The molecule has 1 atom stereocenters. The van der Waals surface area contributed by atoms with Crippen LogP contribution in [0.15, 0.2) is 42.5 Å². The number of unbranched alkanes of at least 4 members (excludes halogenated alkanes) is 8. The molecule has 2 aromatic carbocycles. The first-order chi connectivity index (χ1) is 16.5. The SMILES string of the molecule is CCCCCCCCOc1ccc(C(=O)O)c(-c2ccc(C(=O)C(C)CCCCCC)cc2)c1. The maximum absolute atomic E-state index is 12.8. The Morgan fingerprint density at radius 3 is 2.09 bits per heavy atom. The first-order valence-electron chi connectivity index (χ1n) is 13.1. The van der Waals surface area contributed by atoms with E-state index in [1.54, 1.807) is 18.2 Å². The van der Waals surface area contributed by atoms with Gasteiger partial charge in [-0.3, -0.25) is 4.79 Å². The highest BCUT2D eigenvalue weighted by Gasteiger charge is 2.17. The van der Waals surface area contributed by atoms with E-state index in [9.17, 15) is 14.7 Å². The van der Waals surface area contributed by atoms with E-state index in [-0.39, 0.29) is 17.3 Å². The minimum Gasteiger partial charge on any atom is -0.494 e. The Morgan fingerprint density at radius 1 is 0.824 bits per heavy atom. The molecule has 0 radical (unpaired) electrons. The van der Waals surface area contributed by atoms with Crippen molar-refractivity contribution >= 4 is 11.8 Å². The van der Waals surface area contributed by atoms with Crippen molar-refractivity contribution in [1.82, 2.24) is 0 Å². The summed E-state index contributed by atoms with van der Waals surface area (Å²) in [5.41, 5.74) is 2.29. The van der Waals surface area contributed by atoms with Crippen LogP contribution in [-0.2, 0) is 0 Å². The van der Waals surface area contributed by atoms with E-state index < -0.39 is 5.97 Å². The number of carbonyl (C=O) groups is 2. The topological polar surface area (TPSA) is 63.6 Å². The lowest BCUT2D eigenvalue weighted by atomic mass is 9.92. The number of hydrogen-bond donors (Lipinski definition) is 1. The number of carboxylic acids is 1. The number of hydrogen-bond acceptors (Lipinski definition) is 3. The Labute approximate surface area is 205 Å². The van der Waals surface area contributed by atoms with Crippen molar-refractivity contribution < 1.29 is 19.4 Å². The summed E-state index contributed by atoms with van der Waals surface area (Å²) in [7, 11) is 0. The summed E-state index contributed by atoms with van der Waals surface area (Å²) >= 11 is 0. The van der Waals surface area contributed by atoms with Gasteiger partial charge >= 0.3 is 5.97 Å². The quantitative estimate of drug-likeness (QED) is 0.187. The summed E-state index contributed by atoms with van der Waals surface area (Å²) in [6.45, 7) is 7.02. The van der Waals surface area contributed by atoms with E-state index in [2.05, 4.69) is 13.8 Å². The van der Waals surface area contributed by atoms with Crippen molar-refractivity contribution in [2.45, 2.75) is 91.4 Å². The maximum Gasteiger partial charge on any atom is 0.336 e. The second-order valence-electron chi connectivity index (χ2n) is 9.32. The number of ketones is 1. The van der Waals surface area contributed by atoms with Crippen LogP contribution in [0, 0.1) is 5.92 Å². The molecular formula is C30H42O4. The first-order valence-corrected chi connectivity index (χ1v) is 13.1. The Morgan fingerprint density at radius 2 is 1.44 bits per heavy atom. The third kappa shape index (κ3) is 8.96. The summed E-state index contributed by atoms with van der Waals surface area (Å²) in [5.74, 6) is -0.152. The number of Topliss-reactive ketones (excluding diaryl/α,β-unsaturated/α-hetero) is 1. The largest absolute Gasteiger partial charge is 0.494 e. The van der Waals surface area contributed by atoms with Crippen molar-refractivity contribution in [1.29, 1.82) is 0 Å². The average molecular weight is 467 g/mol. The van der Waals surface area contributed by atoms with E-state index in [0.29, 0.717) is 23.5 Å². The molecule has 0 aliphatic heterocycles. The Hall–Kier alpha value is -2.62.